The number of aryl methyl sites for hydroxylation is 1. The molecule has 1 atom stereocenters. The first-order chi connectivity index (χ1) is 13.7. The van der Waals surface area contributed by atoms with Gasteiger partial charge in [0.25, 0.3) is 0 Å². The van der Waals surface area contributed by atoms with Crippen molar-refractivity contribution in [3.63, 3.8) is 0 Å². The van der Waals surface area contributed by atoms with E-state index in [0.29, 0.717) is 6.54 Å². The van der Waals surface area contributed by atoms with Gasteiger partial charge in [0.05, 0.1) is 6.04 Å². The predicted octanol–water partition coefficient (Wildman–Crippen LogP) is 3.00. The molecule has 0 saturated carbocycles. The van der Waals surface area contributed by atoms with Gasteiger partial charge in [-0.2, -0.15) is 0 Å². The zero-order valence-corrected chi connectivity index (χ0v) is 18.0. The fourth-order valence-corrected chi connectivity index (χ4v) is 3.88. The van der Waals surface area contributed by atoms with E-state index in [1.807, 2.05) is 31.7 Å². The number of carbonyl (C=O) groups is 2. The Bertz CT molecular complexity index is 864. The van der Waals surface area contributed by atoms with Crippen LogP contribution in [0.1, 0.15) is 43.6 Å². The first-order valence-electron chi connectivity index (χ1n) is 10.0. The van der Waals surface area contributed by atoms with Crippen molar-refractivity contribution < 1.29 is 14.3 Å². The fraction of sp³-hybridized carbons (Fsp3) is 0.478. The molecular weight excluding hydrogens is 366 g/mol. The molecule has 2 amide bonds. The van der Waals surface area contributed by atoms with Gasteiger partial charge in [-0.3, -0.25) is 9.59 Å². The Labute approximate surface area is 173 Å². The Balaban J connectivity index is 1.91. The molecule has 3 rings (SSSR count). The lowest BCUT2D eigenvalue weighted by atomic mass is 9.98. The van der Waals surface area contributed by atoms with Crippen LogP contribution >= 0.6 is 0 Å². The first-order valence-corrected chi connectivity index (χ1v) is 10.0. The lowest BCUT2D eigenvalue weighted by molar-refractivity contribution is -0.148. The highest BCUT2D eigenvalue weighted by atomic mass is 16.5. The van der Waals surface area contributed by atoms with Crippen molar-refractivity contribution in [2.45, 2.75) is 45.8 Å². The zero-order valence-electron chi connectivity index (χ0n) is 18.0. The average molecular weight is 398 g/mol. The number of rotatable bonds is 5. The second-order valence-corrected chi connectivity index (χ2v) is 8.61. The van der Waals surface area contributed by atoms with Crippen molar-refractivity contribution in [1.82, 2.24) is 14.4 Å². The van der Waals surface area contributed by atoms with E-state index in [9.17, 15) is 9.59 Å². The van der Waals surface area contributed by atoms with Crippen LogP contribution in [0.2, 0.25) is 0 Å². The summed E-state index contributed by atoms with van der Waals surface area (Å²) in [5, 5.41) is 0. The normalized spacial score (nSPS) is 16.4. The van der Waals surface area contributed by atoms with Gasteiger partial charge in [0, 0.05) is 37.6 Å². The summed E-state index contributed by atoms with van der Waals surface area (Å²) in [6.07, 6.45) is 2.06. The summed E-state index contributed by atoms with van der Waals surface area (Å²) >= 11 is 0. The number of ether oxygens (including phenoxy) is 1. The van der Waals surface area contributed by atoms with Crippen molar-refractivity contribution in [2.24, 2.45) is 0 Å². The molecule has 0 fully saturated rings. The number of benzene rings is 1. The second-order valence-electron chi connectivity index (χ2n) is 8.61. The molecular formula is C23H31N3O3. The van der Waals surface area contributed by atoms with Gasteiger partial charge in [0.15, 0.2) is 0 Å². The molecule has 0 bridgehead atoms. The Morgan fingerprint density at radius 1 is 1.14 bits per heavy atom. The first kappa shape index (κ1) is 21.1. The van der Waals surface area contributed by atoms with Gasteiger partial charge >= 0.3 is 0 Å². The summed E-state index contributed by atoms with van der Waals surface area (Å²) < 4.78 is 7.23. The Kier molecular flexibility index (Phi) is 6.13. The lowest BCUT2D eigenvalue weighted by Crippen LogP contribution is -2.53. The van der Waals surface area contributed by atoms with Crippen molar-refractivity contribution in [2.75, 3.05) is 26.8 Å². The molecule has 1 aliphatic heterocycles. The van der Waals surface area contributed by atoms with Crippen LogP contribution in [0.4, 0.5) is 0 Å². The molecule has 29 heavy (non-hydrogen) atoms. The summed E-state index contributed by atoms with van der Waals surface area (Å²) in [6, 6.07) is 12.2. The van der Waals surface area contributed by atoms with Crippen LogP contribution in [-0.4, -0.2) is 58.5 Å². The van der Waals surface area contributed by atoms with Crippen LogP contribution in [0.3, 0.4) is 0 Å². The van der Waals surface area contributed by atoms with Gasteiger partial charge in [-0.1, -0.05) is 29.8 Å². The van der Waals surface area contributed by atoms with Crippen LogP contribution in [0, 0.1) is 6.92 Å². The Morgan fingerprint density at radius 2 is 1.83 bits per heavy atom. The molecule has 0 spiro atoms. The van der Waals surface area contributed by atoms with E-state index in [2.05, 4.69) is 48.0 Å². The highest BCUT2D eigenvalue weighted by Gasteiger charge is 2.35. The van der Waals surface area contributed by atoms with E-state index in [0.717, 1.165) is 17.8 Å². The molecule has 0 radical (unpaired) electrons. The number of nitrogens with zero attached hydrogens (tertiary/aromatic N) is 3. The Morgan fingerprint density at radius 3 is 2.45 bits per heavy atom. The summed E-state index contributed by atoms with van der Waals surface area (Å²) in [6.45, 7) is 9.22. The molecule has 2 heterocycles. The summed E-state index contributed by atoms with van der Waals surface area (Å²) in [5.74, 6) is -0.233. The molecule has 0 aliphatic carbocycles. The summed E-state index contributed by atoms with van der Waals surface area (Å²) in [7, 11) is 1.49. The third kappa shape index (κ3) is 4.53. The maximum Gasteiger partial charge on any atom is 0.249 e. The van der Waals surface area contributed by atoms with Crippen molar-refractivity contribution in [3.05, 3.63) is 59.4 Å². The highest BCUT2D eigenvalue weighted by molar-refractivity contribution is 5.86. The maximum absolute atomic E-state index is 13.4. The molecule has 0 saturated heterocycles. The van der Waals surface area contributed by atoms with E-state index >= 15 is 0 Å². The van der Waals surface area contributed by atoms with Gasteiger partial charge in [-0.25, -0.2) is 0 Å². The molecule has 1 aromatic heterocycles. The third-order valence-corrected chi connectivity index (χ3v) is 5.42. The van der Waals surface area contributed by atoms with Crippen LogP contribution < -0.4 is 0 Å². The van der Waals surface area contributed by atoms with E-state index in [1.165, 1.54) is 12.7 Å². The summed E-state index contributed by atoms with van der Waals surface area (Å²) in [5.41, 5.74) is 2.88. The quantitative estimate of drug-likeness (QED) is 0.779. The molecule has 156 valence electrons. The lowest BCUT2D eigenvalue weighted by Gasteiger charge is -2.41. The number of hydrogen-bond donors (Lipinski definition) is 0. The minimum atomic E-state index is -0.472. The molecule has 0 N–H and O–H groups in total. The minimum Gasteiger partial charge on any atom is -0.375 e. The largest absolute Gasteiger partial charge is 0.375 e. The van der Waals surface area contributed by atoms with E-state index in [1.54, 1.807) is 4.90 Å². The number of hydrogen-bond acceptors (Lipinski definition) is 3. The van der Waals surface area contributed by atoms with Gasteiger partial charge in [0.1, 0.15) is 13.2 Å². The minimum absolute atomic E-state index is 0.0329. The molecule has 0 unspecified atom stereocenters. The zero-order chi connectivity index (χ0) is 21.2. The van der Waals surface area contributed by atoms with Crippen molar-refractivity contribution in [1.29, 1.82) is 0 Å². The predicted molar refractivity (Wildman–Crippen MR) is 113 cm³/mol. The number of aromatic nitrogens is 1. The smallest absolute Gasteiger partial charge is 0.249 e. The van der Waals surface area contributed by atoms with Gasteiger partial charge in [-0.05, 0) is 45.4 Å². The molecule has 1 aliphatic rings. The molecule has 1 aromatic carbocycles. The molecule has 6 nitrogen and oxygen atoms in total. The topological polar surface area (TPSA) is 54.8 Å². The number of amides is 2. The van der Waals surface area contributed by atoms with Crippen molar-refractivity contribution >= 4 is 11.8 Å². The highest BCUT2D eigenvalue weighted by Crippen LogP contribution is 2.33. The number of fused-ring (bicyclic) bond motifs is 1. The number of methoxy groups -OCH3 is 1. The maximum atomic E-state index is 13.4. The van der Waals surface area contributed by atoms with E-state index in [-0.39, 0.29) is 31.0 Å². The van der Waals surface area contributed by atoms with Crippen molar-refractivity contribution in [3.8, 4) is 0 Å². The Hall–Kier alpha value is -2.60. The van der Waals surface area contributed by atoms with Crippen LogP contribution in [0.5, 0.6) is 0 Å². The number of carbonyl (C=O) groups excluding carboxylic acids is 2. The fourth-order valence-electron chi connectivity index (χ4n) is 3.88. The molecule has 6 heteroatoms. The van der Waals surface area contributed by atoms with Gasteiger partial charge < -0.3 is 19.1 Å². The monoisotopic (exact) mass is 397 g/mol. The van der Waals surface area contributed by atoms with Crippen LogP contribution in [0.25, 0.3) is 0 Å². The van der Waals surface area contributed by atoms with E-state index in [4.69, 9.17) is 4.74 Å². The average Bonchev–Trinajstić information content (AvgIpc) is 3.14. The molecule has 2 aromatic rings. The van der Waals surface area contributed by atoms with Crippen LogP contribution in [0.15, 0.2) is 42.6 Å². The van der Waals surface area contributed by atoms with Crippen LogP contribution in [-0.2, 0) is 20.9 Å². The summed E-state index contributed by atoms with van der Waals surface area (Å²) in [4.78, 5) is 29.5. The van der Waals surface area contributed by atoms with Gasteiger partial charge in [0.2, 0.25) is 11.8 Å². The SMILES string of the molecule is COCC(=O)N(CC(=O)N1CCn2cccc2[C@H]1c1ccc(C)cc1)C(C)(C)C. The third-order valence-electron chi connectivity index (χ3n) is 5.42. The standard InChI is InChI=1S/C23H31N3O3/c1-17-8-10-18(11-9-17)22-19-7-6-12-24(19)13-14-25(22)20(27)15-26(23(2,3)4)21(28)16-29-5/h6-12,22H,13-16H2,1-5H3/t22-/m1/s1. The van der Waals surface area contributed by atoms with E-state index < -0.39 is 5.54 Å². The second kappa shape index (κ2) is 8.41. The van der Waals surface area contributed by atoms with Gasteiger partial charge in [-0.15, -0.1) is 0 Å².